The summed E-state index contributed by atoms with van der Waals surface area (Å²) >= 11 is 0. The van der Waals surface area contributed by atoms with E-state index in [2.05, 4.69) is 24.3 Å². The summed E-state index contributed by atoms with van der Waals surface area (Å²) in [5, 5.41) is 0. The molecule has 1 heterocycles. The van der Waals surface area contributed by atoms with Crippen molar-refractivity contribution in [2.75, 3.05) is 6.54 Å². The van der Waals surface area contributed by atoms with Gasteiger partial charge in [0.2, 0.25) is 11.8 Å². The van der Waals surface area contributed by atoms with Crippen LogP contribution in [0.3, 0.4) is 0 Å². The number of carbonyl (C=O) groups is 2. The van der Waals surface area contributed by atoms with Gasteiger partial charge in [0.05, 0.1) is 11.8 Å². The summed E-state index contributed by atoms with van der Waals surface area (Å²) in [6.07, 6.45) is 6.44. The van der Waals surface area contributed by atoms with Crippen molar-refractivity contribution in [2.24, 2.45) is 35.5 Å². The Hall–Kier alpha value is -1.90. The van der Waals surface area contributed by atoms with Crippen LogP contribution in [0.2, 0.25) is 0 Å². The highest BCUT2D eigenvalue weighted by molar-refractivity contribution is 6.06. The van der Waals surface area contributed by atoms with Crippen molar-refractivity contribution >= 4 is 11.8 Å². The van der Waals surface area contributed by atoms with Crippen LogP contribution in [0.4, 0.5) is 0 Å². The van der Waals surface area contributed by atoms with Crippen LogP contribution in [-0.2, 0) is 16.0 Å². The van der Waals surface area contributed by atoms with Gasteiger partial charge in [-0.2, -0.15) is 0 Å². The Morgan fingerprint density at radius 3 is 2.09 bits per heavy atom. The lowest BCUT2D eigenvalue weighted by Crippen LogP contribution is -2.40. The molecule has 6 rings (SSSR count). The van der Waals surface area contributed by atoms with Crippen LogP contribution in [0.1, 0.15) is 12.0 Å². The Balaban J connectivity index is 1.38. The van der Waals surface area contributed by atoms with Gasteiger partial charge in [-0.05, 0) is 42.1 Å². The molecule has 0 unspecified atom stereocenters. The molecule has 2 amide bonds. The first-order valence-corrected chi connectivity index (χ1v) is 8.33. The molecule has 5 aliphatic rings. The van der Waals surface area contributed by atoms with Gasteiger partial charge < -0.3 is 0 Å². The molecule has 3 heteroatoms. The third-order valence-corrected chi connectivity index (χ3v) is 6.22. The number of carbonyl (C=O) groups excluding carboxylic acids is 2. The fraction of sp³-hybridized carbons (Fsp3) is 0.474. The summed E-state index contributed by atoms with van der Waals surface area (Å²) in [4.78, 5) is 27.1. The predicted octanol–water partition coefficient (Wildman–Crippen LogP) is 2.28. The highest BCUT2D eigenvalue weighted by atomic mass is 16.2. The molecule has 22 heavy (non-hydrogen) atoms. The molecule has 0 N–H and O–H groups in total. The summed E-state index contributed by atoms with van der Waals surface area (Å²) in [6, 6.07) is 10.1. The SMILES string of the molecule is O=C1[C@@H]2[C@H]3C=C[C@H]([C@H]4C[C@H]34)[C@@H]2C(=O)N1CCc1ccccc1. The van der Waals surface area contributed by atoms with Gasteiger partial charge in [0, 0.05) is 6.54 Å². The summed E-state index contributed by atoms with van der Waals surface area (Å²) in [5.41, 5.74) is 1.18. The third-order valence-electron chi connectivity index (χ3n) is 6.22. The Kier molecular flexibility index (Phi) is 2.47. The minimum absolute atomic E-state index is 0.0537. The average molecular weight is 293 g/mol. The average Bonchev–Trinajstić information content (AvgIpc) is 3.33. The largest absolute Gasteiger partial charge is 0.282 e. The van der Waals surface area contributed by atoms with Gasteiger partial charge in [0.15, 0.2) is 0 Å². The molecular weight excluding hydrogens is 274 g/mol. The van der Waals surface area contributed by atoms with Crippen LogP contribution in [0.5, 0.6) is 0 Å². The number of hydrogen-bond donors (Lipinski definition) is 0. The van der Waals surface area contributed by atoms with Crippen LogP contribution in [-0.4, -0.2) is 23.3 Å². The fourth-order valence-corrected chi connectivity index (χ4v) is 5.12. The first-order chi connectivity index (χ1) is 10.8. The molecule has 1 saturated heterocycles. The van der Waals surface area contributed by atoms with Gasteiger partial charge in [0.1, 0.15) is 0 Å². The Morgan fingerprint density at radius 2 is 1.50 bits per heavy atom. The molecule has 4 aliphatic carbocycles. The highest BCUT2D eigenvalue weighted by Crippen LogP contribution is 2.65. The van der Waals surface area contributed by atoms with E-state index < -0.39 is 0 Å². The molecule has 1 aromatic rings. The minimum Gasteiger partial charge on any atom is -0.282 e. The molecular formula is C19H19NO2. The molecule has 3 nitrogen and oxygen atoms in total. The lowest BCUT2D eigenvalue weighted by molar-refractivity contribution is -0.140. The maximum absolute atomic E-state index is 12.8. The number of benzene rings is 1. The predicted molar refractivity (Wildman–Crippen MR) is 81.6 cm³/mol. The molecule has 1 aliphatic heterocycles. The second-order valence-electron chi connectivity index (χ2n) is 7.22. The van der Waals surface area contributed by atoms with Crippen LogP contribution in [0.15, 0.2) is 42.5 Å². The number of hydrogen-bond acceptors (Lipinski definition) is 2. The van der Waals surface area contributed by atoms with E-state index in [1.807, 2.05) is 18.2 Å². The molecule has 0 aromatic heterocycles. The van der Waals surface area contributed by atoms with Gasteiger partial charge in [-0.1, -0.05) is 42.5 Å². The van der Waals surface area contributed by atoms with E-state index in [0.29, 0.717) is 30.2 Å². The fourth-order valence-electron chi connectivity index (χ4n) is 5.12. The third kappa shape index (κ3) is 1.57. The van der Waals surface area contributed by atoms with Gasteiger partial charge >= 0.3 is 0 Å². The van der Waals surface area contributed by atoms with E-state index in [9.17, 15) is 9.59 Å². The van der Waals surface area contributed by atoms with Crippen molar-refractivity contribution in [3.63, 3.8) is 0 Å². The lowest BCUT2D eigenvalue weighted by Gasteiger charge is -2.37. The molecule has 6 atom stereocenters. The number of allylic oxidation sites excluding steroid dienone is 2. The first kappa shape index (κ1) is 12.6. The zero-order valence-electron chi connectivity index (χ0n) is 12.4. The molecule has 2 bridgehead atoms. The van der Waals surface area contributed by atoms with E-state index >= 15 is 0 Å². The van der Waals surface area contributed by atoms with Gasteiger partial charge in [0.25, 0.3) is 0 Å². The molecule has 1 aromatic carbocycles. The monoisotopic (exact) mass is 293 g/mol. The molecule has 0 spiro atoms. The maximum atomic E-state index is 12.8. The second kappa shape index (κ2) is 4.31. The Bertz CT molecular complexity index is 644. The number of amides is 2. The lowest BCUT2D eigenvalue weighted by atomic mass is 9.63. The molecule has 112 valence electrons. The number of imide groups is 1. The molecule has 3 fully saturated rings. The maximum Gasteiger partial charge on any atom is 0.233 e. The number of nitrogens with zero attached hydrogens (tertiary/aromatic N) is 1. The standard InChI is InChI=1S/C19H19NO2/c21-18-16-12-6-7-13(15-10-14(12)15)17(16)19(22)20(18)9-8-11-4-2-1-3-5-11/h1-7,12-17H,8-10H2/t12-,13+,14-,15-,16+,17-/m1/s1. The van der Waals surface area contributed by atoms with E-state index in [1.54, 1.807) is 4.90 Å². The summed E-state index contributed by atoms with van der Waals surface area (Å²) < 4.78 is 0. The number of rotatable bonds is 3. The van der Waals surface area contributed by atoms with Gasteiger partial charge in [-0.3, -0.25) is 14.5 Å². The smallest absolute Gasteiger partial charge is 0.233 e. The summed E-state index contributed by atoms with van der Waals surface area (Å²) in [7, 11) is 0. The molecule has 0 radical (unpaired) electrons. The second-order valence-corrected chi connectivity index (χ2v) is 7.22. The van der Waals surface area contributed by atoms with Crippen molar-refractivity contribution in [3.05, 3.63) is 48.0 Å². The summed E-state index contributed by atoms with van der Waals surface area (Å²) in [6.45, 7) is 0.531. The van der Waals surface area contributed by atoms with E-state index in [0.717, 1.165) is 6.42 Å². The zero-order valence-corrected chi connectivity index (χ0v) is 12.4. The Morgan fingerprint density at radius 1 is 0.909 bits per heavy atom. The summed E-state index contributed by atoms with van der Waals surface area (Å²) in [5.74, 6) is 2.11. The topological polar surface area (TPSA) is 37.4 Å². The normalized spacial score (nSPS) is 40.8. The van der Waals surface area contributed by atoms with E-state index in [1.165, 1.54) is 12.0 Å². The highest BCUT2D eigenvalue weighted by Gasteiger charge is 2.66. The van der Waals surface area contributed by atoms with Crippen molar-refractivity contribution in [1.29, 1.82) is 0 Å². The van der Waals surface area contributed by atoms with Crippen molar-refractivity contribution in [1.82, 2.24) is 4.90 Å². The van der Waals surface area contributed by atoms with Gasteiger partial charge in [-0.15, -0.1) is 0 Å². The van der Waals surface area contributed by atoms with E-state index in [4.69, 9.17) is 0 Å². The minimum atomic E-state index is -0.0537. The van der Waals surface area contributed by atoms with Crippen molar-refractivity contribution < 1.29 is 9.59 Å². The van der Waals surface area contributed by atoms with Gasteiger partial charge in [-0.25, -0.2) is 0 Å². The first-order valence-electron chi connectivity index (χ1n) is 8.33. The van der Waals surface area contributed by atoms with Crippen LogP contribution in [0.25, 0.3) is 0 Å². The van der Waals surface area contributed by atoms with Crippen LogP contribution < -0.4 is 0 Å². The van der Waals surface area contributed by atoms with Crippen molar-refractivity contribution in [2.45, 2.75) is 12.8 Å². The number of likely N-dealkylation sites (tertiary alicyclic amines) is 1. The van der Waals surface area contributed by atoms with Crippen molar-refractivity contribution in [3.8, 4) is 0 Å². The van der Waals surface area contributed by atoms with Crippen LogP contribution >= 0.6 is 0 Å². The Labute approximate surface area is 130 Å². The molecule has 2 saturated carbocycles. The van der Waals surface area contributed by atoms with E-state index in [-0.39, 0.29) is 23.7 Å². The quantitative estimate of drug-likeness (QED) is 0.633. The zero-order chi connectivity index (χ0) is 14.8. The van der Waals surface area contributed by atoms with Crippen LogP contribution in [0, 0.1) is 35.5 Å².